The summed E-state index contributed by atoms with van der Waals surface area (Å²) in [5, 5.41) is 0. The Bertz CT molecular complexity index is 122. The Morgan fingerprint density at radius 2 is 1.60 bits per heavy atom. The predicted octanol–water partition coefficient (Wildman–Crippen LogP) is 0.978. The van der Waals surface area contributed by atoms with Crippen molar-refractivity contribution in [3.63, 3.8) is 0 Å². The number of ether oxygens (including phenoxy) is 1. The molecular weight excluding hydrogens is 72.0 g/mol. The fourth-order valence-corrected chi connectivity index (χ4v) is 0.202. The molecule has 1 aromatic heterocycles. The molecule has 0 aliphatic carbocycles. The van der Waals surface area contributed by atoms with Gasteiger partial charge in [0.1, 0.15) is 0 Å². The van der Waals surface area contributed by atoms with Gasteiger partial charge in [0.15, 0.2) is 0 Å². The van der Waals surface area contributed by atoms with Crippen LogP contribution in [0, 0.1) is 0 Å². The van der Waals surface area contributed by atoms with Gasteiger partial charge < -0.3 is 4.74 Å². The van der Waals surface area contributed by atoms with Crippen LogP contribution in [0.25, 0.3) is 0 Å². The van der Waals surface area contributed by atoms with E-state index in [2.05, 4.69) is 13.9 Å². The third kappa shape index (κ3) is 0.0397. The summed E-state index contributed by atoms with van der Waals surface area (Å²) < 4.78 is 12.7. The molecule has 0 bridgehead atoms. The molecular formula is C2O3. The fraction of sp³-hybridized carbons (Fsp3) is 0. The molecule has 0 amide bonds. The van der Waals surface area contributed by atoms with Crippen molar-refractivity contribution in [1.29, 1.82) is 0 Å². The SMILES string of the molecule is O1c2ooc21. The van der Waals surface area contributed by atoms with Gasteiger partial charge in [-0.25, -0.2) is 9.15 Å². The van der Waals surface area contributed by atoms with E-state index in [-0.39, 0.29) is 0 Å². The van der Waals surface area contributed by atoms with Crippen LogP contribution in [0.4, 0.5) is 0 Å². The minimum absolute atomic E-state index is 0.546. The highest BCUT2D eigenvalue weighted by atomic mass is 17.1. The lowest BCUT2D eigenvalue weighted by atomic mass is 11.0. The van der Waals surface area contributed by atoms with Crippen LogP contribution >= 0.6 is 0 Å². The highest BCUT2D eigenvalue weighted by molar-refractivity contribution is 5.34. The van der Waals surface area contributed by atoms with E-state index in [1.165, 1.54) is 0 Å². The topological polar surface area (TPSA) is 38.8 Å². The minimum Gasteiger partial charge on any atom is -0.376 e. The van der Waals surface area contributed by atoms with Crippen LogP contribution in [-0.4, -0.2) is 0 Å². The average Bonchev–Trinajstić information content (AvgIpc) is 1.74. The van der Waals surface area contributed by atoms with E-state index in [1.54, 1.807) is 0 Å². The molecule has 0 aromatic carbocycles. The highest BCUT2D eigenvalue weighted by Gasteiger charge is 2.35. The molecule has 0 saturated carbocycles. The normalized spacial score (nSPS) is 13.6. The van der Waals surface area contributed by atoms with Gasteiger partial charge in [0.2, 0.25) is 0 Å². The van der Waals surface area contributed by atoms with Crippen LogP contribution < -0.4 is 4.74 Å². The quantitative estimate of drug-likeness (QED) is 0.344. The molecule has 0 N–H and O–H groups in total. The molecule has 2 rings (SSSR count). The van der Waals surface area contributed by atoms with Crippen LogP contribution in [-0.2, 0) is 0 Å². The minimum atomic E-state index is 0.546. The van der Waals surface area contributed by atoms with Crippen molar-refractivity contribution in [2.24, 2.45) is 0 Å². The molecule has 0 atom stereocenters. The molecule has 2 heterocycles. The van der Waals surface area contributed by atoms with Crippen molar-refractivity contribution >= 4 is 0 Å². The lowest BCUT2D eigenvalue weighted by molar-refractivity contribution is 0.0415. The molecule has 5 heavy (non-hydrogen) atoms. The Morgan fingerprint density at radius 1 is 1.00 bits per heavy atom. The van der Waals surface area contributed by atoms with Crippen LogP contribution in [0.2, 0.25) is 0 Å². The molecule has 0 fully saturated rings. The smallest absolute Gasteiger partial charge is 0.376 e. The summed E-state index contributed by atoms with van der Waals surface area (Å²) in [6.45, 7) is 0. The van der Waals surface area contributed by atoms with Crippen molar-refractivity contribution in [3.8, 4) is 11.9 Å². The third-order valence-corrected chi connectivity index (χ3v) is 0.503. The summed E-state index contributed by atoms with van der Waals surface area (Å²) in [5.74, 6) is 1.09. The molecule has 3 heteroatoms. The fourth-order valence-electron chi connectivity index (χ4n) is 0.202. The van der Waals surface area contributed by atoms with Gasteiger partial charge in [-0.3, -0.25) is 0 Å². The highest BCUT2D eigenvalue weighted by Crippen LogP contribution is 2.49. The van der Waals surface area contributed by atoms with Gasteiger partial charge >= 0.3 is 11.9 Å². The van der Waals surface area contributed by atoms with Gasteiger partial charge in [-0.15, -0.1) is 0 Å². The summed E-state index contributed by atoms with van der Waals surface area (Å²) in [5.41, 5.74) is 0. The van der Waals surface area contributed by atoms with Gasteiger partial charge in [-0.05, 0) is 0 Å². The summed E-state index contributed by atoms with van der Waals surface area (Å²) >= 11 is 0. The molecule has 1 aliphatic heterocycles. The maximum absolute atomic E-state index is 4.42. The predicted molar refractivity (Wildman–Crippen MR) is 11.0 cm³/mol. The summed E-state index contributed by atoms with van der Waals surface area (Å²) in [4.78, 5) is 0. The van der Waals surface area contributed by atoms with Crippen molar-refractivity contribution in [2.45, 2.75) is 0 Å². The Labute approximate surface area is 27.1 Å². The zero-order valence-electron chi connectivity index (χ0n) is 2.22. The van der Waals surface area contributed by atoms with Gasteiger partial charge in [0.05, 0.1) is 0 Å². The Hall–Kier alpha value is -0.860. The molecule has 3 nitrogen and oxygen atoms in total. The number of hydrogen-bond donors (Lipinski definition) is 0. The van der Waals surface area contributed by atoms with Gasteiger partial charge in [0.25, 0.3) is 0 Å². The number of fused-ring (bicyclic) bond motifs is 1. The van der Waals surface area contributed by atoms with E-state index < -0.39 is 0 Å². The Kier molecular flexibility index (Phi) is 0.0671. The van der Waals surface area contributed by atoms with Crippen LogP contribution in [0.3, 0.4) is 0 Å². The molecule has 0 radical (unpaired) electrons. The first-order valence-corrected chi connectivity index (χ1v) is 1.23. The van der Waals surface area contributed by atoms with E-state index in [4.69, 9.17) is 0 Å². The van der Waals surface area contributed by atoms with E-state index >= 15 is 0 Å². The van der Waals surface area contributed by atoms with E-state index in [0.717, 1.165) is 0 Å². The number of hydrogen-bond acceptors (Lipinski definition) is 3. The maximum Gasteiger partial charge on any atom is 0.426 e. The Balaban J connectivity index is 2.92. The van der Waals surface area contributed by atoms with Crippen molar-refractivity contribution in [2.75, 3.05) is 0 Å². The van der Waals surface area contributed by atoms with Gasteiger partial charge in [-0.1, -0.05) is 0 Å². The monoisotopic (exact) mass is 72.0 g/mol. The standard InChI is InChI=1S/C2O3/c3-1-2(3)5-4-1. The summed E-state index contributed by atoms with van der Waals surface area (Å²) in [6, 6.07) is 0. The van der Waals surface area contributed by atoms with E-state index in [0.29, 0.717) is 11.9 Å². The van der Waals surface area contributed by atoms with Crippen molar-refractivity contribution in [1.82, 2.24) is 0 Å². The lowest BCUT2D eigenvalue weighted by Gasteiger charge is -1.60. The first-order valence-electron chi connectivity index (χ1n) is 1.23. The third-order valence-electron chi connectivity index (χ3n) is 0.503. The molecule has 0 spiro atoms. The molecule has 0 saturated heterocycles. The van der Waals surface area contributed by atoms with Crippen LogP contribution in [0.15, 0.2) is 9.15 Å². The van der Waals surface area contributed by atoms with Crippen LogP contribution in [0.1, 0.15) is 0 Å². The van der Waals surface area contributed by atoms with E-state index in [9.17, 15) is 0 Å². The zero-order valence-corrected chi connectivity index (χ0v) is 2.22. The van der Waals surface area contributed by atoms with Crippen molar-refractivity contribution in [3.05, 3.63) is 0 Å². The van der Waals surface area contributed by atoms with Gasteiger partial charge in [-0.2, -0.15) is 0 Å². The molecule has 1 aliphatic rings. The maximum atomic E-state index is 4.42. The molecule has 1 aromatic rings. The average molecular weight is 72.0 g/mol. The summed E-state index contributed by atoms with van der Waals surface area (Å²) in [7, 11) is 0. The van der Waals surface area contributed by atoms with E-state index in [1.807, 2.05) is 0 Å². The molecule has 26 valence electrons. The van der Waals surface area contributed by atoms with Gasteiger partial charge in [0, 0.05) is 0 Å². The van der Waals surface area contributed by atoms with Crippen LogP contribution in [0.5, 0.6) is 11.9 Å². The second-order valence-electron chi connectivity index (χ2n) is 0.844. The lowest BCUT2D eigenvalue weighted by Crippen LogP contribution is -1.31. The van der Waals surface area contributed by atoms with Crippen molar-refractivity contribution < 1.29 is 13.9 Å². The summed E-state index contributed by atoms with van der Waals surface area (Å²) in [6.07, 6.45) is 0. The first kappa shape index (κ1) is 1.55. The first-order chi connectivity index (χ1) is 2.47. The number of rotatable bonds is 0. The molecule has 0 unspecified atom stereocenters. The zero-order chi connectivity index (χ0) is 3.28. The second-order valence-corrected chi connectivity index (χ2v) is 0.844. The second kappa shape index (κ2) is 0.217. The largest absolute Gasteiger partial charge is 0.426 e. The Morgan fingerprint density at radius 3 is 1.60 bits per heavy atom.